The van der Waals surface area contributed by atoms with Crippen molar-refractivity contribution in [3.8, 4) is 0 Å². The van der Waals surface area contributed by atoms with Crippen molar-refractivity contribution in [1.82, 2.24) is 10.2 Å². The number of carbonyl (C=O) groups excluding carboxylic acids is 2. The van der Waals surface area contributed by atoms with Crippen LogP contribution in [0, 0.1) is 17.8 Å². The molecule has 2 amide bonds. The van der Waals surface area contributed by atoms with Crippen LogP contribution in [0.1, 0.15) is 60.3 Å². The van der Waals surface area contributed by atoms with Gasteiger partial charge in [-0.2, -0.15) is 0 Å². The highest BCUT2D eigenvalue weighted by atomic mass is 16.2. The Bertz CT molecular complexity index is 417. The lowest BCUT2D eigenvalue weighted by molar-refractivity contribution is -0.159. The van der Waals surface area contributed by atoms with E-state index in [4.69, 9.17) is 0 Å². The van der Waals surface area contributed by atoms with Crippen molar-refractivity contribution in [3.63, 3.8) is 0 Å². The third-order valence-corrected chi connectivity index (χ3v) is 5.16. The number of rotatable bonds is 6. The molecule has 1 heterocycles. The maximum atomic E-state index is 12.9. The van der Waals surface area contributed by atoms with Crippen molar-refractivity contribution in [2.24, 2.45) is 17.8 Å². The van der Waals surface area contributed by atoms with Crippen molar-refractivity contribution in [3.05, 3.63) is 0 Å². The van der Waals surface area contributed by atoms with Gasteiger partial charge in [0.05, 0.1) is 0 Å². The minimum atomic E-state index is -0.631. The predicted molar refractivity (Wildman–Crippen MR) is 83.7 cm³/mol. The fourth-order valence-electron chi connectivity index (χ4n) is 3.31. The largest absolute Gasteiger partial charge is 0.342 e. The van der Waals surface area contributed by atoms with Crippen LogP contribution < -0.4 is 5.32 Å². The molecule has 120 valence electrons. The van der Waals surface area contributed by atoms with Crippen molar-refractivity contribution >= 4 is 11.8 Å². The molecule has 1 saturated heterocycles. The van der Waals surface area contributed by atoms with Crippen molar-refractivity contribution in [1.29, 1.82) is 0 Å². The lowest BCUT2D eigenvalue weighted by Gasteiger charge is -2.48. The Morgan fingerprint density at radius 3 is 2.38 bits per heavy atom. The van der Waals surface area contributed by atoms with Gasteiger partial charge in [-0.25, -0.2) is 0 Å². The summed E-state index contributed by atoms with van der Waals surface area (Å²) < 4.78 is 0. The highest BCUT2D eigenvalue weighted by Gasteiger charge is 2.56. The quantitative estimate of drug-likeness (QED) is 0.818. The first-order chi connectivity index (χ1) is 9.80. The summed E-state index contributed by atoms with van der Waals surface area (Å²) in [7, 11) is 0. The van der Waals surface area contributed by atoms with Gasteiger partial charge in [0.2, 0.25) is 11.8 Å². The number of nitrogens with zero attached hydrogens (tertiary/aromatic N) is 1. The normalized spacial score (nSPS) is 31.5. The Balaban J connectivity index is 2.25. The molecule has 0 spiro atoms. The number of nitrogens with one attached hydrogen (secondary N) is 1. The zero-order valence-corrected chi connectivity index (χ0v) is 14.1. The van der Waals surface area contributed by atoms with Crippen molar-refractivity contribution in [2.75, 3.05) is 6.54 Å². The summed E-state index contributed by atoms with van der Waals surface area (Å²) >= 11 is 0. The minimum absolute atomic E-state index is 0.0542. The standard InChI is InChI=1S/C17H30N2O2/c1-6-12(4)10-19-15(20)14(9-11(2)3)18-16(21)17(19,5)13-7-8-13/h11-14H,6-10H2,1-5H3,(H,18,21). The SMILES string of the molecule is CCC(C)CN1C(=O)C(CC(C)C)NC(=O)C1(C)C1CC1. The summed E-state index contributed by atoms with van der Waals surface area (Å²) in [5, 5.41) is 3.00. The van der Waals surface area contributed by atoms with Gasteiger partial charge in [0.1, 0.15) is 11.6 Å². The topological polar surface area (TPSA) is 49.4 Å². The fourth-order valence-corrected chi connectivity index (χ4v) is 3.31. The zero-order valence-electron chi connectivity index (χ0n) is 14.1. The molecule has 4 heteroatoms. The summed E-state index contributed by atoms with van der Waals surface area (Å²) in [4.78, 5) is 27.5. The second-order valence-corrected chi connectivity index (χ2v) is 7.54. The molecule has 1 aliphatic carbocycles. The summed E-state index contributed by atoms with van der Waals surface area (Å²) in [6, 6.07) is -0.339. The van der Waals surface area contributed by atoms with Gasteiger partial charge in [0.15, 0.2) is 0 Å². The Labute approximate surface area is 128 Å². The maximum Gasteiger partial charge on any atom is 0.246 e. The molecule has 2 rings (SSSR count). The van der Waals surface area contributed by atoms with Crippen LogP contribution in [0.25, 0.3) is 0 Å². The average Bonchev–Trinajstić information content (AvgIpc) is 3.24. The number of hydrogen-bond donors (Lipinski definition) is 1. The van der Waals surface area contributed by atoms with Gasteiger partial charge in [-0.3, -0.25) is 9.59 Å². The number of carbonyl (C=O) groups is 2. The predicted octanol–water partition coefficient (Wildman–Crippen LogP) is 2.57. The van der Waals surface area contributed by atoms with Gasteiger partial charge in [-0.05, 0) is 43.9 Å². The first kappa shape index (κ1) is 16.3. The molecule has 3 atom stereocenters. The van der Waals surface area contributed by atoms with Crippen LogP contribution in [-0.2, 0) is 9.59 Å². The lowest BCUT2D eigenvalue weighted by Crippen LogP contribution is -2.71. The van der Waals surface area contributed by atoms with Crippen LogP contribution >= 0.6 is 0 Å². The molecular weight excluding hydrogens is 264 g/mol. The van der Waals surface area contributed by atoms with Gasteiger partial charge >= 0.3 is 0 Å². The van der Waals surface area contributed by atoms with Crippen LogP contribution in [0.5, 0.6) is 0 Å². The van der Waals surface area contributed by atoms with Crippen LogP contribution in [0.15, 0.2) is 0 Å². The maximum absolute atomic E-state index is 12.9. The van der Waals surface area contributed by atoms with E-state index in [0.717, 1.165) is 25.7 Å². The van der Waals surface area contributed by atoms with Crippen LogP contribution in [0.4, 0.5) is 0 Å². The van der Waals surface area contributed by atoms with Crippen LogP contribution in [-0.4, -0.2) is 34.8 Å². The summed E-state index contributed by atoms with van der Waals surface area (Å²) in [5.74, 6) is 1.34. The monoisotopic (exact) mass is 294 g/mol. The van der Waals surface area contributed by atoms with E-state index >= 15 is 0 Å². The molecule has 2 aliphatic rings. The van der Waals surface area contributed by atoms with Gasteiger partial charge in [-0.15, -0.1) is 0 Å². The molecule has 1 N–H and O–H groups in total. The zero-order chi connectivity index (χ0) is 15.8. The van der Waals surface area contributed by atoms with Gasteiger partial charge in [0.25, 0.3) is 0 Å². The third kappa shape index (κ3) is 3.09. The van der Waals surface area contributed by atoms with Crippen molar-refractivity contribution < 1.29 is 9.59 Å². The Morgan fingerprint density at radius 1 is 1.29 bits per heavy atom. The molecule has 0 aromatic rings. The van der Waals surface area contributed by atoms with Crippen LogP contribution in [0.2, 0.25) is 0 Å². The van der Waals surface area contributed by atoms with E-state index in [1.54, 1.807) is 0 Å². The molecular formula is C17H30N2O2. The van der Waals surface area contributed by atoms with Crippen molar-refractivity contribution in [2.45, 2.75) is 71.9 Å². The minimum Gasteiger partial charge on any atom is -0.342 e. The molecule has 21 heavy (non-hydrogen) atoms. The molecule has 1 saturated carbocycles. The lowest BCUT2D eigenvalue weighted by atomic mass is 9.85. The molecule has 3 unspecified atom stereocenters. The molecule has 0 bridgehead atoms. The Kier molecular flexibility index (Phi) is 4.64. The van der Waals surface area contributed by atoms with E-state index in [1.165, 1.54) is 0 Å². The first-order valence-electron chi connectivity index (χ1n) is 8.43. The molecule has 0 aromatic carbocycles. The van der Waals surface area contributed by atoms with E-state index in [1.807, 2.05) is 11.8 Å². The number of piperazine rings is 1. The summed E-state index contributed by atoms with van der Waals surface area (Å²) in [6.45, 7) is 11.1. The average molecular weight is 294 g/mol. The summed E-state index contributed by atoms with van der Waals surface area (Å²) in [6.07, 6.45) is 3.87. The van der Waals surface area contributed by atoms with E-state index < -0.39 is 5.54 Å². The smallest absolute Gasteiger partial charge is 0.246 e. The van der Waals surface area contributed by atoms with E-state index in [2.05, 4.69) is 33.0 Å². The summed E-state index contributed by atoms with van der Waals surface area (Å²) in [5.41, 5.74) is -0.631. The van der Waals surface area contributed by atoms with Gasteiger partial charge in [-0.1, -0.05) is 34.1 Å². The molecule has 1 aliphatic heterocycles. The molecule has 4 nitrogen and oxygen atoms in total. The van der Waals surface area contributed by atoms with E-state index in [-0.39, 0.29) is 17.9 Å². The Hall–Kier alpha value is -1.06. The highest BCUT2D eigenvalue weighted by molar-refractivity contribution is 6.00. The highest BCUT2D eigenvalue weighted by Crippen LogP contribution is 2.45. The van der Waals surface area contributed by atoms with E-state index in [0.29, 0.717) is 24.3 Å². The molecule has 0 radical (unpaired) electrons. The van der Waals surface area contributed by atoms with Gasteiger partial charge < -0.3 is 10.2 Å². The Morgan fingerprint density at radius 2 is 1.90 bits per heavy atom. The first-order valence-corrected chi connectivity index (χ1v) is 8.43. The second kappa shape index (κ2) is 5.98. The van der Waals surface area contributed by atoms with Gasteiger partial charge in [0, 0.05) is 6.54 Å². The molecule has 2 fully saturated rings. The third-order valence-electron chi connectivity index (χ3n) is 5.16. The van der Waals surface area contributed by atoms with E-state index in [9.17, 15) is 9.59 Å². The fraction of sp³-hybridized carbons (Fsp3) is 0.882. The molecule has 0 aromatic heterocycles. The number of amides is 2. The number of hydrogen-bond acceptors (Lipinski definition) is 2. The second-order valence-electron chi connectivity index (χ2n) is 7.54. The van der Waals surface area contributed by atoms with Crippen LogP contribution in [0.3, 0.4) is 0 Å².